The number of amides is 1. The molecule has 2 heterocycles. The number of hydrogen-bond donors (Lipinski definition) is 2. The second-order valence-corrected chi connectivity index (χ2v) is 11.0. The molecule has 0 bridgehead atoms. The fraction of sp³-hybridized carbons (Fsp3) is 0.212. The number of ether oxygens (including phenoxy) is 2. The molecule has 3 aromatic carbocycles. The van der Waals surface area contributed by atoms with Gasteiger partial charge in [-0.05, 0) is 73.9 Å². The molecule has 1 aliphatic heterocycles. The third-order valence-corrected chi connectivity index (χ3v) is 8.40. The Hall–Kier alpha value is -4.96. The van der Waals surface area contributed by atoms with Gasteiger partial charge in [0.15, 0.2) is 22.4 Å². The standard InChI is InChI=1S/C33H30N2O7S/c1-5-41-26-16-22(12-15-25(26)37)28-27(30(39)32(40)35(28)33-34-19(3)31(43-33)20(4)36)29(38)21-10-13-24(14-11-21)42-17-23-9-7-6-8-18(23)2/h6-16,28,37-38H,5,17H2,1-4H3. The predicted octanol–water partition coefficient (Wildman–Crippen LogP) is 6.27. The Morgan fingerprint density at radius 2 is 1.74 bits per heavy atom. The van der Waals surface area contributed by atoms with Gasteiger partial charge in [0.1, 0.15) is 18.1 Å². The first-order valence-corrected chi connectivity index (χ1v) is 14.4. The molecule has 2 N–H and O–H groups in total. The van der Waals surface area contributed by atoms with Crippen LogP contribution in [-0.2, 0) is 16.2 Å². The number of carbonyl (C=O) groups excluding carboxylic acids is 3. The molecule has 43 heavy (non-hydrogen) atoms. The number of nitrogens with zero attached hydrogens (tertiary/aromatic N) is 2. The molecule has 1 fully saturated rings. The van der Waals surface area contributed by atoms with Gasteiger partial charge in [-0.2, -0.15) is 0 Å². The molecule has 220 valence electrons. The summed E-state index contributed by atoms with van der Waals surface area (Å²) < 4.78 is 11.5. The van der Waals surface area contributed by atoms with E-state index >= 15 is 0 Å². The molecule has 1 atom stereocenters. The second-order valence-electron chi connectivity index (χ2n) is 10.0. The van der Waals surface area contributed by atoms with Crippen molar-refractivity contribution in [3.63, 3.8) is 0 Å². The number of aromatic hydroxyl groups is 1. The van der Waals surface area contributed by atoms with Crippen LogP contribution in [0.2, 0.25) is 0 Å². The van der Waals surface area contributed by atoms with Crippen molar-refractivity contribution in [1.82, 2.24) is 4.98 Å². The lowest BCUT2D eigenvalue weighted by Crippen LogP contribution is -2.29. The maximum Gasteiger partial charge on any atom is 0.301 e. The SMILES string of the molecule is CCOc1cc(C2C(=C(O)c3ccc(OCc4ccccc4C)cc3)C(=O)C(=O)N2c2nc(C)c(C(C)=O)s2)ccc1O. The number of thiazole rings is 1. The maximum absolute atomic E-state index is 13.5. The number of Topliss-reactive ketones (excluding diaryl/α,β-unsaturated/α-hetero) is 2. The van der Waals surface area contributed by atoms with Crippen LogP contribution in [-0.4, -0.2) is 39.3 Å². The van der Waals surface area contributed by atoms with E-state index in [0.717, 1.165) is 22.5 Å². The average molecular weight is 599 g/mol. The van der Waals surface area contributed by atoms with Gasteiger partial charge >= 0.3 is 5.91 Å². The van der Waals surface area contributed by atoms with Crippen molar-refractivity contribution in [3.8, 4) is 17.2 Å². The van der Waals surface area contributed by atoms with Crippen molar-refractivity contribution >= 4 is 39.7 Å². The monoisotopic (exact) mass is 598 g/mol. The van der Waals surface area contributed by atoms with Gasteiger partial charge < -0.3 is 19.7 Å². The molecule has 0 radical (unpaired) electrons. The first-order chi connectivity index (χ1) is 20.6. The van der Waals surface area contributed by atoms with Crippen molar-refractivity contribution < 1.29 is 34.1 Å². The number of phenolic OH excluding ortho intramolecular Hbond substituents is 1. The van der Waals surface area contributed by atoms with Crippen LogP contribution in [0.15, 0.2) is 72.3 Å². The number of phenols is 1. The number of benzene rings is 3. The van der Waals surface area contributed by atoms with Crippen LogP contribution in [0, 0.1) is 13.8 Å². The number of aliphatic hydroxyl groups is 1. The first-order valence-electron chi connectivity index (χ1n) is 13.6. The quantitative estimate of drug-likeness (QED) is 0.0999. The molecule has 0 spiro atoms. The number of rotatable bonds is 9. The summed E-state index contributed by atoms with van der Waals surface area (Å²) in [7, 11) is 0. The van der Waals surface area contributed by atoms with Crippen molar-refractivity contribution in [2.45, 2.75) is 40.3 Å². The summed E-state index contributed by atoms with van der Waals surface area (Å²) in [5.41, 5.74) is 3.11. The smallest absolute Gasteiger partial charge is 0.301 e. The Morgan fingerprint density at radius 1 is 1.02 bits per heavy atom. The molecule has 0 saturated carbocycles. The van der Waals surface area contributed by atoms with E-state index in [1.54, 1.807) is 44.2 Å². The Kier molecular flexibility index (Phi) is 8.31. The largest absolute Gasteiger partial charge is 0.507 e. The van der Waals surface area contributed by atoms with Gasteiger partial charge in [-0.25, -0.2) is 4.98 Å². The van der Waals surface area contributed by atoms with Crippen molar-refractivity contribution in [2.24, 2.45) is 0 Å². The highest BCUT2D eigenvalue weighted by Crippen LogP contribution is 2.45. The normalized spacial score (nSPS) is 16.0. The Morgan fingerprint density at radius 3 is 2.40 bits per heavy atom. The molecular formula is C33H30N2O7S. The van der Waals surface area contributed by atoms with Gasteiger partial charge in [0.2, 0.25) is 0 Å². The fourth-order valence-corrected chi connectivity index (χ4v) is 5.92. The number of aliphatic hydroxyl groups excluding tert-OH is 1. The minimum Gasteiger partial charge on any atom is -0.507 e. The number of hydrogen-bond acceptors (Lipinski definition) is 9. The van der Waals surface area contributed by atoms with E-state index in [2.05, 4.69) is 4.98 Å². The molecule has 10 heteroatoms. The highest BCUT2D eigenvalue weighted by atomic mass is 32.1. The summed E-state index contributed by atoms with van der Waals surface area (Å²) in [6.07, 6.45) is 0. The van der Waals surface area contributed by atoms with Crippen LogP contribution < -0.4 is 14.4 Å². The zero-order valence-corrected chi connectivity index (χ0v) is 24.9. The van der Waals surface area contributed by atoms with Crippen LogP contribution in [0.1, 0.15) is 57.5 Å². The van der Waals surface area contributed by atoms with Crippen molar-refractivity contribution in [3.05, 3.63) is 105 Å². The van der Waals surface area contributed by atoms with Crippen LogP contribution in [0.4, 0.5) is 5.13 Å². The third kappa shape index (κ3) is 5.74. The van der Waals surface area contributed by atoms with E-state index in [9.17, 15) is 24.6 Å². The molecule has 9 nitrogen and oxygen atoms in total. The van der Waals surface area contributed by atoms with Crippen LogP contribution >= 0.6 is 11.3 Å². The maximum atomic E-state index is 13.5. The van der Waals surface area contributed by atoms with E-state index < -0.39 is 17.7 Å². The molecule has 5 rings (SSSR count). The minimum atomic E-state index is -1.11. The number of ketones is 2. The molecule has 1 amide bonds. The highest BCUT2D eigenvalue weighted by Gasteiger charge is 2.48. The Bertz CT molecular complexity index is 1760. The second kappa shape index (κ2) is 12.1. The number of carbonyl (C=O) groups is 3. The van der Waals surface area contributed by atoms with E-state index in [1.807, 2.05) is 31.2 Å². The summed E-state index contributed by atoms with van der Waals surface area (Å²) in [4.78, 5) is 45.2. The molecular weight excluding hydrogens is 568 g/mol. The van der Waals surface area contributed by atoms with Gasteiger partial charge in [0.25, 0.3) is 5.78 Å². The molecule has 1 aliphatic rings. The summed E-state index contributed by atoms with van der Waals surface area (Å²) in [5, 5.41) is 22.0. The summed E-state index contributed by atoms with van der Waals surface area (Å²) in [5.74, 6) is -1.82. The third-order valence-electron chi connectivity index (χ3n) is 7.14. The topological polar surface area (TPSA) is 126 Å². The van der Waals surface area contributed by atoms with Gasteiger partial charge in [-0.3, -0.25) is 19.3 Å². The van der Waals surface area contributed by atoms with E-state index in [1.165, 1.54) is 24.0 Å². The fourth-order valence-electron chi connectivity index (χ4n) is 4.93. The van der Waals surface area contributed by atoms with Gasteiger partial charge in [-0.1, -0.05) is 41.7 Å². The lowest BCUT2D eigenvalue weighted by atomic mass is 9.95. The van der Waals surface area contributed by atoms with E-state index in [0.29, 0.717) is 34.1 Å². The summed E-state index contributed by atoms with van der Waals surface area (Å²) in [6.45, 7) is 7.45. The zero-order chi connectivity index (χ0) is 30.8. The van der Waals surface area contributed by atoms with Crippen LogP contribution in [0.25, 0.3) is 5.76 Å². The van der Waals surface area contributed by atoms with Gasteiger partial charge in [0.05, 0.1) is 28.8 Å². The number of aryl methyl sites for hydroxylation is 2. The van der Waals surface area contributed by atoms with E-state index in [4.69, 9.17) is 9.47 Å². The lowest BCUT2D eigenvalue weighted by Gasteiger charge is -2.23. The summed E-state index contributed by atoms with van der Waals surface area (Å²) >= 11 is 0.994. The number of aromatic nitrogens is 1. The molecule has 1 unspecified atom stereocenters. The first kappa shape index (κ1) is 29.5. The van der Waals surface area contributed by atoms with Crippen molar-refractivity contribution in [2.75, 3.05) is 11.5 Å². The lowest BCUT2D eigenvalue weighted by molar-refractivity contribution is -0.132. The Labute approximate surface area is 252 Å². The highest BCUT2D eigenvalue weighted by molar-refractivity contribution is 7.18. The molecule has 0 aliphatic carbocycles. The van der Waals surface area contributed by atoms with Crippen LogP contribution in [0.5, 0.6) is 17.2 Å². The van der Waals surface area contributed by atoms with Crippen molar-refractivity contribution in [1.29, 1.82) is 0 Å². The minimum absolute atomic E-state index is 0.118. The van der Waals surface area contributed by atoms with Gasteiger partial charge in [-0.15, -0.1) is 0 Å². The number of anilines is 1. The molecule has 1 aromatic heterocycles. The Balaban J connectivity index is 1.57. The zero-order valence-electron chi connectivity index (χ0n) is 24.1. The average Bonchev–Trinajstić information content (AvgIpc) is 3.50. The predicted molar refractivity (Wildman–Crippen MR) is 163 cm³/mol. The van der Waals surface area contributed by atoms with E-state index in [-0.39, 0.29) is 40.4 Å². The molecule has 4 aromatic rings. The molecule has 1 saturated heterocycles. The van der Waals surface area contributed by atoms with Gasteiger partial charge in [0, 0.05) is 12.5 Å². The summed E-state index contributed by atoms with van der Waals surface area (Å²) in [6, 6.07) is 17.8. The van der Waals surface area contributed by atoms with Crippen LogP contribution in [0.3, 0.4) is 0 Å².